The highest BCUT2D eigenvalue weighted by atomic mass is 32.1. The molecule has 0 unspecified atom stereocenters. The number of carbonyl (C=O) groups is 1. The maximum absolute atomic E-state index is 9.99. The zero-order valence-corrected chi connectivity index (χ0v) is 5.70. The molecule has 0 bridgehead atoms. The number of amides is 1. The number of rotatable bonds is 1. The van der Waals surface area contributed by atoms with Gasteiger partial charge in [-0.25, -0.2) is 5.43 Å². The van der Waals surface area contributed by atoms with E-state index in [0.717, 1.165) is 5.71 Å². The van der Waals surface area contributed by atoms with Crippen molar-refractivity contribution in [2.45, 2.75) is 13.8 Å². The molecule has 0 saturated heterocycles. The van der Waals surface area contributed by atoms with Crippen LogP contribution in [0.5, 0.6) is 0 Å². The van der Waals surface area contributed by atoms with Gasteiger partial charge in [0.05, 0.1) is 0 Å². The molecule has 3 nitrogen and oxygen atoms in total. The summed E-state index contributed by atoms with van der Waals surface area (Å²) in [5.74, 6) is 0. The van der Waals surface area contributed by atoms with Gasteiger partial charge in [0, 0.05) is 5.71 Å². The molecule has 0 aromatic carbocycles. The summed E-state index contributed by atoms with van der Waals surface area (Å²) < 4.78 is 0. The molecule has 0 aromatic heterocycles. The highest BCUT2D eigenvalue weighted by Crippen LogP contribution is 1.75. The highest BCUT2D eigenvalue weighted by molar-refractivity contribution is 7.96. The first-order chi connectivity index (χ1) is 3.63. The molecule has 1 N–H and O–H groups in total. The molecular formula is C4H8N2OS. The summed E-state index contributed by atoms with van der Waals surface area (Å²) in [6, 6.07) is 0. The fraction of sp³-hybridized carbons (Fsp3) is 0.500. The molecule has 0 rings (SSSR count). The second-order valence-corrected chi connectivity index (χ2v) is 1.88. The Bertz CT molecular complexity index is 117. The van der Waals surface area contributed by atoms with Gasteiger partial charge < -0.3 is 0 Å². The Morgan fingerprint density at radius 2 is 2.12 bits per heavy atom. The van der Waals surface area contributed by atoms with Crippen LogP contribution in [0.4, 0.5) is 4.79 Å². The monoisotopic (exact) mass is 132 g/mol. The van der Waals surface area contributed by atoms with E-state index in [0.29, 0.717) is 0 Å². The first kappa shape index (κ1) is 7.49. The van der Waals surface area contributed by atoms with Gasteiger partial charge in [-0.15, -0.1) is 0 Å². The van der Waals surface area contributed by atoms with E-state index >= 15 is 0 Å². The Kier molecular flexibility index (Phi) is 3.26. The Labute approximate surface area is 53.6 Å². The summed E-state index contributed by atoms with van der Waals surface area (Å²) in [7, 11) is 0. The normalized spacial score (nSPS) is 7.88. The molecule has 0 fully saturated rings. The second kappa shape index (κ2) is 3.49. The van der Waals surface area contributed by atoms with Crippen molar-refractivity contribution in [2.24, 2.45) is 5.10 Å². The number of hydrogen-bond acceptors (Lipinski definition) is 2. The minimum Gasteiger partial charge on any atom is -0.260 e. The molecule has 8 heavy (non-hydrogen) atoms. The molecule has 46 valence electrons. The lowest BCUT2D eigenvalue weighted by Gasteiger charge is -1.89. The van der Waals surface area contributed by atoms with Gasteiger partial charge in [-0.3, -0.25) is 4.79 Å². The van der Waals surface area contributed by atoms with E-state index in [9.17, 15) is 4.79 Å². The van der Waals surface area contributed by atoms with Crippen LogP contribution in [0.15, 0.2) is 5.10 Å². The van der Waals surface area contributed by atoms with Crippen molar-refractivity contribution in [3.8, 4) is 0 Å². The van der Waals surface area contributed by atoms with Crippen LogP contribution in [-0.4, -0.2) is 11.0 Å². The average molecular weight is 132 g/mol. The zero-order chi connectivity index (χ0) is 6.57. The Hall–Kier alpha value is -0.510. The number of hydrogen-bond donors (Lipinski definition) is 2. The topological polar surface area (TPSA) is 41.5 Å². The summed E-state index contributed by atoms with van der Waals surface area (Å²) >= 11 is 3.42. The van der Waals surface area contributed by atoms with Crippen LogP contribution in [0.1, 0.15) is 13.8 Å². The largest absolute Gasteiger partial charge is 0.296 e. The molecule has 0 aliphatic rings. The van der Waals surface area contributed by atoms with Gasteiger partial charge in [-0.2, -0.15) is 5.10 Å². The first-order valence-electron chi connectivity index (χ1n) is 2.12. The summed E-state index contributed by atoms with van der Waals surface area (Å²) in [6.45, 7) is 3.56. The molecule has 0 heterocycles. The molecule has 0 saturated carbocycles. The predicted octanol–water partition coefficient (Wildman–Crippen LogP) is 1.02. The van der Waals surface area contributed by atoms with Crippen LogP contribution in [0.2, 0.25) is 0 Å². The Morgan fingerprint density at radius 1 is 1.62 bits per heavy atom. The van der Waals surface area contributed by atoms with E-state index < -0.39 is 5.24 Å². The lowest BCUT2D eigenvalue weighted by molar-refractivity contribution is 0.261. The highest BCUT2D eigenvalue weighted by Gasteiger charge is 1.83. The van der Waals surface area contributed by atoms with Gasteiger partial charge >= 0.3 is 0 Å². The predicted molar refractivity (Wildman–Crippen MR) is 36.3 cm³/mol. The standard InChI is InChI=1S/C4H8N2OS/c1-3(2)5-6-4(7)8/h1-2H3,(H2,6,7,8). The molecule has 0 aliphatic heterocycles. The average Bonchev–Trinajstić information content (AvgIpc) is 1.61. The smallest absolute Gasteiger partial charge is 0.260 e. The summed E-state index contributed by atoms with van der Waals surface area (Å²) in [6.07, 6.45) is 0. The van der Waals surface area contributed by atoms with Gasteiger partial charge in [-0.05, 0) is 13.8 Å². The van der Waals surface area contributed by atoms with E-state index in [2.05, 4.69) is 23.2 Å². The van der Waals surface area contributed by atoms with Crippen molar-refractivity contribution >= 4 is 23.6 Å². The Balaban J connectivity index is 3.45. The zero-order valence-electron chi connectivity index (χ0n) is 4.80. The number of thiol groups is 1. The van der Waals surface area contributed by atoms with Crippen LogP contribution in [-0.2, 0) is 0 Å². The van der Waals surface area contributed by atoms with Gasteiger partial charge in [0.15, 0.2) is 0 Å². The van der Waals surface area contributed by atoms with E-state index in [1.165, 1.54) is 0 Å². The van der Waals surface area contributed by atoms with Crippen molar-refractivity contribution < 1.29 is 4.79 Å². The summed E-state index contributed by atoms with van der Waals surface area (Å²) in [5.41, 5.74) is 2.96. The fourth-order valence-electron chi connectivity index (χ4n) is 0.160. The first-order valence-corrected chi connectivity index (χ1v) is 2.57. The van der Waals surface area contributed by atoms with Gasteiger partial charge in [0.1, 0.15) is 0 Å². The lowest BCUT2D eigenvalue weighted by atomic mass is 10.5. The van der Waals surface area contributed by atoms with E-state index in [4.69, 9.17) is 0 Å². The summed E-state index contributed by atoms with van der Waals surface area (Å²) in [5, 5.41) is 3.13. The Morgan fingerprint density at radius 3 is 2.25 bits per heavy atom. The fourth-order valence-corrected chi connectivity index (χ4v) is 0.210. The van der Waals surface area contributed by atoms with Crippen molar-refractivity contribution in [3.63, 3.8) is 0 Å². The van der Waals surface area contributed by atoms with Crippen LogP contribution >= 0.6 is 12.6 Å². The molecule has 4 heteroatoms. The minimum atomic E-state index is -0.439. The maximum atomic E-state index is 9.99. The van der Waals surface area contributed by atoms with Crippen LogP contribution in [0.3, 0.4) is 0 Å². The number of carbonyl (C=O) groups excluding carboxylic acids is 1. The summed E-state index contributed by atoms with van der Waals surface area (Å²) in [4.78, 5) is 9.99. The van der Waals surface area contributed by atoms with E-state index in [-0.39, 0.29) is 0 Å². The maximum Gasteiger partial charge on any atom is 0.296 e. The molecule has 0 aromatic rings. The molecular weight excluding hydrogens is 124 g/mol. The van der Waals surface area contributed by atoms with E-state index in [1.54, 1.807) is 13.8 Å². The quantitative estimate of drug-likeness (QED) is 0.312. The molecule has 0 radical (unpaired) electrons. The van der Waals surface area contributed by atoms with Crippen molar-refractivity contribution in [1.82, 2.24) is 5.43 Å². The van der Waals surface area contributed by atoms with Crippen molar-refractivity contribution in [2.75, 3.05) is 0 Å². The SMILES string of the molecule is CC(C)=NNC(=O)S. The van der Waals surface area contributed by atoms with Gasteiger partial charge in [0.2, 0.25) is 0 Å². The molecule has 1 amide bonds. The van der Waals surface area contributed by atoms with Crippen molar-refractivity contribution in [3.05, 3.63) is 0 Å². The van der Waals surface area contributed by atoms with Gasteiger partial charge in [0.25, 0.3) is 5.24 Å². The van der Waals surface area contributed by atoms with Crippen LogP contribution in [0, 0.1) is 0 Å². The van der Waals surface area contributed by atoms with Crippen LogP contribution < -0.4 is 5.43 Å². The number of nitrogens with one attached hydrogen (secondary N) is 1. The minimum absolute atomic E-state index is 0.439. The molecule has 0 atom stereocenters. The number of nitrogens with zero attached hydrogens (tertiary/aromatic N) is 1. The van der Waals surface area contributed by atoms with Crippen LogP contribution in [0.25, 0.3) is 0 Å². The third-order valence-corrected chi connectivity index (χ3v) is 0.475. The third kappa shape index (κ3) is 5.49. The van der Waals surface area contributed by atoms with Gasteiger partial charge in [-0.1, -0.05) is 12.6 Å². The lowest BCUT2D eigenvalue weighted by Crippen LogP contribution is -2.09. The molecule has 0 aliphatic carbocycles. The second-order valence-electron chi connectivity index (χ2n) is 1.48. The third-order valence-electron chi connectivity index (χ3n) is 0.375. The molecule has 0 spiro atoms. The van der Waals surface area contributed by atoms with E-state index in [1.807, 2.05) is 0 Å². The number of hydrazone groups is 1. The van der Waals surface area contributed by atoms with Crippen molar-refractivity contribution in [1.29, 1.82) is 0 Å².